The van der Waals surface area contributed by atoms with Crippen molar-refractivity contribution in [3.63, 3.8) is 0 Å². The monoisotopic (exact) mass is 386 g/mol. The number of para-hydroxylation sites is 3. The number of aromatic nitrogens is 3. The molecule has 29 heavy (non-hydrogen) atoms. The van der Waals surface area contributed by atoms with E-state index in [0.717, 1.165) is 49.1 Å². The number of likely N-dealkylation sites (tertiary alicyclic amines) is 1. The Morgan fingerprint density at radius 2 is 1.97 bits per heavy atom. The van der Waals surface area contributed by atoms with E-state index in [0.29, 0.717) is 6.42 Å². The highest BCUT2D eigenvalue weighted by atomic mass is 16.2. The maximum atomic E-state index is 13.2. The average molecular weight is 386 g/mol. The summed E-state index contributed by atoms with van der Waals surface area (Å²) in [5, 5.41) is 1.25. The van der Waals surface area contributed by atoms with Crippen LogP contribution in [-0.2, 0) is 18.3 Å². The number of hydrogen-bond donors (Lipinski definition) is 1. The number of aromatic amines is 1. The molecule has 1 amide bonds. The molecule has 1 saturated heterocycles. The highest BCUT2D eigenvalue weighted by molar-refractivity contribution is 5.85. The van der Waals surface area contributed by atoms with Crippen LogP contribution in [0.2, 0.25) is 0 Å². The van der Waals surface area contributed by atoms with E-state index in [1.807, 2.05) is 29.2 Å². The van der Waals surface area contributed by atoms with E-state index in [-0.39, 0.29) is 11.9 Å². The zero-order valence-corrected chi connectivity index (χ0v) is 16.8. The van der Waals surface area contributed by atoms with Crippen molar-refractivity contribution in [1.82, 2.24) is 19.4 Å². The standard InChI is InChI=1S/C24H26N4O/c1-27-16-17(18-8-2-5-11-21(18)27)13-14-23(29)28-15-7-6-12-22(28)24-25-19-9-3-4-10-20(19)26-24/h2-5,8-11,16,22H,6-7,12-15H2,1H3,(H,25,26)/t22-/m1/s1. The Bertz CT molecular complexity index is 1140. The normalized spacial score (nSPS) is 17.3. The summed E-state index contributed by atoms with van der Waals surface area (Å²) in [4.78, 5) is 23.5. The van der Waals surface area contributed by atoms with Gasteiger partial charge in [-0.1, -0.05) is 30.3 Å². The van der Waals surface area contributed by atoms with Gasteiger partial charge < -0.3 is 14.5 Å². The van der Waals surface area contributed by atoms with Gasteiger partial charge in [0, 0.05) is 37.1 Å². The smallest absolute Gasteiger partial charge is 0.223 e. The van der Waals surface area contributed by atoms with Crippen LogP contribution in [0, 0.1) is 0 Å². The minimum absolute atomic E-state index is 0.0520. The number of carbonyl (C=O) groups excluding carboxylic acids is 1. The molecule has 2 aromatic carbocycles. The predicted octanol–water partition coefficient (Wildman–Crippen LogP) is 4.74. The SMILES string of the molecule is Cn1cc(CCC(=O)N2CCCC[C@@H]2c2nc3ccccc3[nH]2)c2ccccc21. The van der Waals surface area contributed by atoms with Crippen LogP contribution in [0.15, 0.2) is 54.7 Å². The molecule has 0 radical (unpaired) electrons. The fourth-order valence-electron chi connectivity index (χ4n) is 4.65. The van der Waals surface area contributed by atoms with Crippen LogP contribution in [0.3, 0.4) is 0 Å². The van der Waals surface area contributed by atoms with Gasteiger partial charge in [0.2, 0.25) is 5.91 Å². The molecule has 5 heteroatoms. The third-order valence-electron chi connectivity index (χ3n) is 6.13. The van der Waals surface area contributed by atoms with E-state index >= 15 is 0 Å². The Labute approximate surface area is 170 Å². The number of imidazole rings is 1. The maximum Gasteiger partial charge on any atom is 0.223 e. The lowest BCUT2D eigenvalue weighted by Gasteiger charge is -2.34. The number of hydrogen-bond acceptors (Lipinski definition) is 2. The van der Waals surface area contributed by atoms with E-state index in [1.54, 1.807) is 0 Å². The lowest BCUT2D eigenvalue weighted by atomic mass is 10.00. The van der Waals surface area contributed by atoms with Crippen molar-refractivity contribution >= 4 is 27.8 Å². The van der Waals surface area contributed by atoms with Gasteiger partial charge in [0.1, 0.15) is 5.82 Å². The fourth-order valence-corrected chi connectivity index (χ4v) is 4.65. The minimum atomic E-state index is 0.0520. The molecular formula is C24H26N4O. The van der Waals surface area contributed by atoms with Crippen LogP contribution in [0.1, 0.15) is 43.1 Å². The molecule has 0 saturated carbocycles. The van der Waals surface area contributed by atoms with Crippen molar-refractivity contribution in [2.75, 3.05) is 6.54 Å². The van der Waals surface area contributed by atoms with Gasteiger partial charge in [-0.2, -0.15) is 0 Å². The first-order valence-corrected chi connectivity index (χ1v) is 10.5. The second kappa shape index (κ2) is 7.39. The number of H-pyrrole nitrogens is 1. The second-order valence-electron chi connectivity index (χ2n) is 8.02. The molecule has 3 heterocycles. The van der Waals surface area contributed by atoms with E-state index in [2.05, 4.69) is 47.1 Å². The largest absolute Gasteiger partial charge is 0.350 e. The topological polar surface area (TPSA) is 53.9 Å². The van der Waals surface area contributed by atoms with Crippen LogP contribution < -0.4 is 0 Å². The summed E-state index contributed by atoms with van der Waals surface area (Å²) in [5.74, 6) is 1.15. The van der Waals surface area contributed by atoms with Gasteiger partial charge in [0.25, 0.3) is 0 Å². The van der Waals surface area contributed by atoms with Crippen molar-refractivity contribution in [3.05, 3.63) is 66.1 Å². The van der Waals surface area contributed by atoms with Crippen molar-refractivity contribution in [2.24, 2.45) is 7.05 Å². The van der Waals surface area contributed by atoms with Crippen molar-refractivity contribution in [2.45, 2.75) is 38.1 Å². The Hall–Kier alpha value is -3.08. The predicted molar refractivity (Wildman–Crippen MR) is 116 cm³/mol. The number of fused-ring (bicyclic) bond motifs is 2. The lowest BCUT2D eigenvalue weighted by Crippen LogP contribution is -2.39. The molecule has 1 atom stereocenters. The Morgan fingerprint density at radius 3 is 2.86 bits per heavy atom. The zero-order valence-electron chi connectivity index (χ0n) is 16.8. The Morgan fingerprint density at radius 1 is 1.14 bits per heavy atom. The molecule has 5 nitrogen and oxygen atoms in total. The molecule has 0 bridgehead atoms. The first kappa shape index (κ1) is 18.0. The molecule has 4 aromatic rings. The van der Waals surface area contributed by atoms with Gasteiger partial charge in [0.05, 0.1) is 17.1 Å². The molecule has 1 fully saturated rings. The summed E-state index contributed by atoms with van der Waals surface area (Å²) in [7, 11) is 2.07. The molecule has 148 valence electrons. The van der Waals surface area contributed by atoms with Gasteiger partial charge in [-0.3, -0.25) is 4.79 Å². The number of carbonyl (C=O) groups is 1. The molecule has 0 spiro atoms. The number of rotatable bonds is 4. The fraction of sp³-hybridized carbons (Fsp3) is 0.333. The lowest BCUT2D eigenvalue weighted by molar-refractivity contribution is -0.135. The summed E-state index contributed by atoms with van der Waals surface area (Å²) < 4.78 is 2.15. The van der Waals surface area contributed by atoms with Crippen LogP contribution in [0.25, 0.3) is 21.9 Å². The van der Waals surface area contributed by atoms with Gasteiger partial charge in [-0.25, -0.2) is 4.98 Å². The third kappa shape index (κ3) is 3.31. The Kier molecular flexibility index (Phi) is 4.58. The number of nitrogens with one attached hydrogen (secondary N) is 1. The molecule has 2 aromatic heterocycles. The quantitative estimate of drug-likeness (QED) is 0.551. The van der Waals surface area contributed by atoms with Gasteiger partial charge in [-0.05, 0) is 49.4 Å². The van der Waals surface area contributed by atoms with Crippen molar-refractivity contribution in [3.8, 4) is 0 Å². The summed E-state index contributed by atoms with van der Waals surface area (Å²) in [6.45, 7) is 0.816. The summed E-state index contributed by atoms with van der Waals surface area (Å²) in [5.41, 5.74) is 4.47. The van der Waals surface area contributed by atoms with E-state index < -0.39 is 0 Å². The molecule has 1 aliphatic heterocycles. The average Bonchev–Trinajstić information content (AvgIpc) is 3.33. The summed E-state index contributed by atoms with van der Waals surface area (Å²) in [6.07, 6.45) is 6.63. The maximum absolute atomic E-state index is 13.2. The number of amides is 1. The minimum Gasteiger partial charge on any atom is -0.350 e. The third-order valence-corrected chi connectivity index (χ3v) is 6.13. The van der Waals surface area contributed by atoms with E-state index in [1.165, 1.54) is 16.5 Å². The molecule has 0 unspecified atom stereocenters. The zero-order chi connectivity index (χ0) is 19.8. The van der Waals surface area contributed by atoms with Crippen LogP contribution in [-0.4, -0.2) is 31.9 Å². The first-order valence-electron chi connectivity index (χ1n) is 10.5. The van der Waals surface area contributed by atoms with Crippen molar-refractivity contribution < 1.29 is 4.79 Å². The van der Waals surface area contributed by atoms with E-state index in [4.69, 9.17) is 4.98 Å². The van der Waals surface area contributed by atoms with Gasteiger partial charge >= 0.3 is 0 Å². The molecule has 1 aliphatic rings. The molecular weight excluding hydrogens is 360 g/mol. The van der Waals surface area contributed by atoms with Gasteiger partial charge in [0.15, 0.2) is 0 Å². The number of nitrogens with zero attached hydrogens (tertiary/aromatic N) is 3. The number of aryl methyl sites for hydroxylation is 2. The summed E-state index contributed by atoms with van der Waals surface area (Å²) in [6, 6.07) is 16.5. The first-order chi connectivity index (χ1) is 14.2. The van der Waals surface area contributed by atoms with Gasteiger partial charge in [-0.15, -0.1) is 0 Å². The molecule has 0 aliphatic carbocycles. The summed E-state index contributed by atoms with van der Waals surface area (Å²) >= 11 is 0. The molecule has 1 N–H and O–H groups in total. The van der Waals surface area contributed by atoms with Crippen LogP contribution >= 0.6 is 0 Å². The molecule has 5 rings (SSSR count). The van der Waals surface area contributed by atoms with Crippen LogP contribution in [0.4, 0.5) is 0 Å². The Balaban J connectivity index is 1.35. The number of benzene rings is 2. The van der Waals surface area contributed by atoms with Crippen molar-refractivity contribution in [1.29, 1.82) is 0 Å². The highest BCUT2D eigenvalue weighted by Crippen LogP contribution is 2.31. The second-order valence-corrected chi connectivity index (χ2v) is 8.02. The van der Waals surface area contributed by atoms with Crippen LogP contribution in [0.5, 0.6) is 0 Å². The van der Waals surface area contributed by atoms with E-state index in [9.17, 15) is 4.79 Å². The highest BCUT2D eigenvalue weighted by Gasteiger charge is 2.30. The number of piperidine rings is 1.